The minimum absolute atomic E-state index is 0.0612. The lowest BCUT2D eigenvalue weighted by Crippen LogP contribution is -2.31. The smallest absolute Gasteiger partial charge is 0.169 e. The third kappa shape index (κ3) is 2.89. The van der Waals surface area contributed by atoms with Crippen molar-refractivity contribution >= 4 is 28.7 Å². The fourth-order valence-corrected chi connectivity index (χ4v) is 2.84. The van der Waals surface area contributed by atoms with E-state index in [2.05, 4.69) is 19.2 Å². The van der Waals surface area contributed by atoms with Crippen LogP contribution in [0.3, 0.4) is 0 Å². The lowest BCUT2D eigenvalue weighted by atomic mass is 9.79. The minimum Gasteiger partial charge on any atom is -0.397 e. The molecule has 1 saturated carbocycles. The van der Waals surface area contributed by atoms with E-state index < -0.39 is 5.82 Å². The molecule has 106 valence electrons. The van der Waals surface area contributed by atoms with Gasteiger partial charge in [0.05, 0.1) is 17.1 Å². The molecule has 5 N–H and O–H groups in total. The highest BCUT2D eigenvalue weighted by Gasteiger charge is 2.26. The summed E-state index contributed by atoms with van der Waals surface area (Å²) in [5.41, 5.74) is 12.2. The first-order chi connectivity index (χ1) is 8.90. The maximum absolute atomic E-state index is 14.1. The molecule has 3 unspecified atom stereocenters. The van der Waals surface area contributed by atoms with Crippen LogP contribution < -0.4 is 16.8 Å². The molecule has 2 rings (SSSR count). The minimum atomic E-state index is -0.551. The summed E-state index contributed by atoms with van der Waals surface area (Å²) >= 11 is 5.83. The molecular weight excluding hydrogens is 265 g/mol. The number of hydrogen-bond acceptors (Lipinski definition) is 3. The van der Waals surface area contributed by atoms with Gasteiger partial charge in [-0.2, -0.15) is 0 Å². The lowest BCUT2D eigenvalue weighted by molar-refractivity contribution is 0.260. The van der Waals surface area contributed by atoms with Crippen molar-refractivity contribution in [1.82, 2.24) is 0 Å². The van der Waals surface area contributed by atoms with Crippen molar-refractivity contribution in [3.05, 3.63) is 16.9 Å². The first kappa shape index (κ1) is 14.3. The van der Waals surface area contributed by atoms with Crippen LogP contribution in [0.4, 0.5) is 21.5 Å². The summed E-state index contributed by atoms with van der Waals surface area (Å²) in [6.45, 7) is 4.49. The topological polar surface area (TPSA) is 64.1 Å². The number of nitrogens with one attached hydrogen (secondary N) is 1. The summed E-state index contributed by atoms with van der Waals surface area (Å²) in [6, 6.07) is 1.74. The van der Waals surface area contributed by atoms with E-state index in [1.807, 2.05) is 0 Å². The summed E-state index contributed by atoms with van der Waals surface area (Å²) in [4.78, 5) is 0. The van der Waals surface area contributed by atoms with E-state index in [1.165, 1.54) is 6.07 Å². The number of halogens is 2. The van der Waals surface area contributed by atoms with Gasteiger partial charge in [0.1, 0.15) is 5.02 Å². The van der Waals surface area contributed by atoms with Gasteiger partial charge in [0.25, 0.3) is 0 Å². The second-order valence-corrected chi connectivity index (χ2v) is 6.04. The number of nitrogens with two attached hydrogens (primary N) is 2. The molecule has 19 heavy (non-hydrogen) atoms. The van der Waals surface area contributed by atoms with Crippen LogP contribution in [0.5, 0.6) is 0 Å². The molecule has 0 heterocycles. The van der Waals surface area contributed by atoms with Crippen LogP contribution in [-0.2, 0) is 0 Å². The molecule has 0 spiro atoms. The van der Waals surface area contributed by atoms with Crippen LogP contribution in [0, 0.1) is 17.7 Å². The summed E-state index contributed by atoms with van der Waals surface area (Å²) in [5.74, 6) is 0.792. The van der Waals surface area contributed by atoms with Crippen molar-refractivity contribution < 1.29 is 4.39 Å². The highest BCUT2D eigenvalue weighted by Crippen LogP contribution is 2.37. The molecule has 1 fully saturated rings. The van der Waals surface area contributed by atoms with Crippen LogP contribution in [0.15, 0.2) is 6.07 Å². The molecule has 0 radical (unpaired) electrons. The molecule has 0 bridgehead atoms. The van der Waals surface area contributed by atoms with E-state index in [-0.39, 0.29) is 22.4 Å². The van der Waals surface area contributed by atoms with Crippen molar-refractivity contribution in [2.45, 2.75) is 39.2 Å². The predicted molar refractivity (Wildman–Crippen MR) is 79.8 cm³/mol. The van der Waals surface area contributed by atoms with E-state index in [9.17, 15) is 4.39 Å². The second kappa shape index (κ2) is 5.45. The predicted octanol–water partition coefficient (Wildman–Crippen LogP) is 3.88. The number of anilines is 3. The van der Waals surface area contributed by atoms with Crippen molar-refractivity contribution in [2.75, 3.05) is 16.8 Å². The zero-order valence-corrected chi connectivity index (χ0v) is 12.1. The van der Waals surface area contributed by atoms with Crippen molar-refractivity contribution in [2.24, 2.45) is 11.8 Å². The average molecular weight is 286 g/mol. The Morgan fingerprint density at radius 3 is 2.53 bits per heavy atom. The van der Waals surface area contributed by atoms with Gasteiger partial charge in [-0.15, -0.1) is 0 Å². The van der Waals surface area contributed by atoms with Crippen molar-refractivity contribution in [3.8, 4) is 0 Å². The third-order valence-corrected chi connectivity index (χ3v) is 4.60. The summed E-state index contributed by atoms with van der Waals surface area (Å²) in [7, 11) is 0. The van der Waals surface area contributed by atoms with Crippen molar-refractivity contribution in [1.29, 1.82) is 0 Å². The van der Waals surface area contributed by atoms with Gasteiger partial charge in [-0.25, -0.2) is 4.39 Å². The highest BCUT2D eigenvalue weighted by atomic mass is 35.5. The van der Waals surface area contributed by atoms with Gasteiger partial charge in [-0.3, -0.25) is 0 Å². The van der Waals surface area contributed by atoms with Crippen molar-refractivity contribution in [3.63, 3.8) is 0 Å². The van der Waals surface area contributed by atoms with Crippen LogP contribution in [-0.4, -0.2) is 6.04 Å². The monoisotopic (exact) mass is 285 g/mol. The second-order valence-electron chi connectivity index (χ2n) is 5.67. The molecule has 0 aromatic heterocycles. The Labute approximate surface area is 118 Å². The molecule has 1 aliphatic carbocycles. The summed E-state index contributed by atoms with van der Waals surface area (Å²) in [5, 5.41) is 3.14. The van der Waals surface area contributed by atoms with Crippen LogP contribution in [0.2, 0.25) is 5.02 Å². The fraction of sp³-hybridized carbons (Fsp3) is 0.571. The van der Waals surface area contributed by atoms with Gasteiger partial charge in [-0.1, -0.05) is 25.4 Å². The molecule has 1 aliphatic rings. The number of benzene rings is 1. The summed E-state index contributed by atoms with van der Waals surface area (Å²) in [6.07, 6.45) is 3.18. The standard InChI is InChI=1S/C14H21ClFN3/c1-7-3-4-9(5-8(7)2)19-14-11(18)6-10(17)12(15)13(14)16/h6-9,19H,3-5,17-18H2,1-2H3. The normalized spacial score (nSPS) is 27.3. The Hall–Kier alpha value is -1.16. The van der Waals surface area contributed by atoms with E-state index in [1.54, 1.807) is 0 Å². The number of nitrogen functional groups attached to an aromatic ring is 2. The lowest BCUT2D eigenvalue weighted by Gasteiger charge is -2.33. The maximum atomic E-state index is 14.1. The fourth-order valence-electron chi connectivity index (χ4n) is 2.70. The number of hydrogen-bond donors (Lipinski definition) is 3. The zero-order chi connectivity index (χ0) is 14.2. The van der Waals surface area contributed by atoms with Gasteiger partial charge < -0.3 is 16.8 Å². The molecule has 1 aromatic rings. The zero-order valence-electron chi connectivity index (χ0n) is 11.3. The van der Waals surface area contributed by atoms with E-state index in [0.29, 0.717) is 11.6 Å². The molecule has 0 aliphatic heterocycles. The van der Waals surface area contributed by atoms with Gasteiger partial charge >= 0.3 is 0 Å². The molecule has 1 aromatic carbocycles. The Bertz CT molecular complexity index is 478. The van der Waals surface area contributed by atoms with Gasteiger partial charge in [-0.05, 0) is 37.2 Å². The van der Waals surface area contributed by atoms with Crippen LogP contribution in [0.25, 0.3) is 0 Å². The van der Waals surface area contributed by atoms with Gasteiger partial charge in [0, 0.05) is 6.04 Å². The Balaban J connectivity index is 2.18. The Kier molecular flexibility index (Phi) is 4.09. The summed E-state index contributed by atoms with van der Waals surface area (Å²) < 4.78 is 14.1. The third-order valence-electron chi connectivity index (χ3n) is 4.21. The Morgan fingerprint density at radius 2 is 1.89 bits per heavy atom. The van der Waals surface area contributed by atoms with Gasteiger partial charge in [0.2, 0.25) is 0 Å². The van der Waals surface area contributed by atoms with Crippen LogP contribution in [0.1, 0.15) is 33.1 Å². The first-order valence-electron chi connectivity index (χ1n) is 6.69. The largest absolute Gasteiger partial charge is 0.397 e. The SMILES string of the molecule is CC1CCC(Nc2c(N)cc(N)c(Cl)c2F)CC1C. The number of rotatable bonds is 2. The average Bonchev–Trinajstić information content (AvgIpc) is 2.36. The quantitative estimate of drug-likeness (QED) is 0.723. The molecular formula is C14H21ClFN3. The molecule has 3 nitrogen and oxygen atoms in total. The molecule has 3 atom stereocenters. The van der Waals surface area contributed by atoms with Gasteiger partial charge in [0.15, 0.2) is 5.82 Å². The Morgan fingerprint density at radius 1 is 1.21 bits per heavy atom. The van der Waals surface area contributed by atoms with Crippen LogP contribution >= 0.6 is 11.6 Å². The van der Waals surface area contributed by atoms with E-state index in [0.717, 1.165) is 25.2 Å². The molecule has 0 amide bonds. The maximum Gasteiger partial charge on any atom is 0.169 e. The van der Waals surface area contributed by atoms with E-state index >= 15 is 0 Å². The van der Waals surface area contributed by atoms with E-state index in [4.69, 9.17) is 23.1 Å². The highest BCUT2D eigenvalue weighted by molar-refractivity contribution is 6.33. The molecule has 5 heteroatoms. The molecule has 0 saturated heterocycles. The first-order valence-corrected chi connectivity index (χ1v) is 7.07.